The third-order valence-corrected chi connectivity index (χ3v) is 4.61. The number of nitrogens with zero attached hydrogens (tertiary/aromatic N) is 3. The molecule has 0 unspecified atom stereocenters. The van der Waals surface area contributed by atoms with Crippen molar-refractivity contribution >= 4 is 34.8 Å². The third-order valence-electron chi connectivity index (χ3n) is 4.37. The number of likely N-dealkylation sites (tertiary alicyclic amines) is 1. The average molecular weight is 405 g/mol. The highest BCUT2D eigenvalue weighted by Gasteiger charge is 2.23. The summed E-state index contributed by atoms with van der Waals surface area (Å²) in [7, 11) is 0. The smallest absolute Gasteiger partial charge is 0.285 e. The van der Waals surface area contributed by atoms with Gasteiger partial charge in [-0.3, -0.25) is 29.1 Å². The van der Waals surface area contributed by atoms with Gasteiger partial charge in [-0.2, -0.15) is 0 Å². The number of carbonyl (C=O) groups excluding carboxylic acids is 2. The molecule has 0 aliphatic carbocycles. The lowest BCUT2D eigenvalue weighted by molar-refractivity contribution is -0.385. The standard InChI is InChI=1S/C18H17ClN4O5/c19-12-3-5-14(18(26)21-7-1-2-8-21)15(9-12)20-16(24)11-22-10-13(23(27)28)4-6-17(22)25/h3-6,9-10H,1-2,7-8,11H2,(H,20,24). The largest absolute Gasteiger partial charge is 0.339 e. The van der Waals surface area contributed by atoms with Gasteiger partial charge in [0.15, 0.2) is 0 Å². The van der Waals surface area contributed by atoms with E-state index < -0.39 is 22.9 Å². The maximum absolute atomic E-state index is 12.7. The Hall–Kier alpha value is -3.20. The minimum atomic E-state index is -0.655. The van der Waals surface area contributed by atoms with Crippen molar-refractivity contribution in [3.8, 4) is 0 Å². The average Bonchev–Trinajstić information content (AvgIpc) is 3.17. The van der Waals surface area contributed by atoms with Crippen LogP contribution in [0.25, 0.3) is 0 Å². The molecule has 2 amide bonds. The van der Waals surface area contributed by atoms with E-state index >= 15 is 0 Å². The first-order valence-electron chi connectivity index (χ1n) is 8.59. The van der Waals surface area contributed by atoms with Crippen molar-refractivity contribution in [2.45, 2.75) is 19.4 Å². The minimum Gasteiger partial charge on any atom is -0.339 e. The quantitative estimate of drug-likeness (QED) is 0.606. The van der Waals surface area contributed by atoms with Crippen molar-refractivity contribution in [3.05, 3.63) is 67.6 Å². The number of nitrogens with one attached hydrogen (secondary N) is 1. The fourth-order valence-corrected chi connectivity index (χ4v) is 3.16. The van der Waals surface area contributed by atoms with E-state index in [0.717, 1.165) is 35.7 Å². The molecule has 1 saturated heterocycles. The topological polar surface area (TPSA) is 115 Å². The second-order valence-corrected chi connectivity index (χ2v) is 6.78. The van der Waals surface area contributed by atoms with Crippen molar-refractivity contribution in [2.24, 2.45) is 0 Å². The molecule has 1 aromatic heterocycles. The highest BCUT2D eigenvalue weighted by Crippen LogP contribution is 2.24. The van der Waals surface area contributed by atoms with Gasteiger partial charge in [0.25, 0.3) is 17.2 Å². The molecule has 146 valence electrons. The number of anilines is 1. The summed E-state index contributed by atoms with van der Waals surface area (Å²) >= 11 is 6.00. The first kappa shape index (κ1) is 19.6. The number of halogens is 1. The van der Waals surface area contributed by atoms with Crippen LogP contribution in [0.4, 0.5) is 11.4 Å². The van der Waals surface area contributed by atoms with E-state index in [4.69, 9.17) is 11.6 Å². The molecule has 2 heterocycles. The van der Waals surface area contributed by atoms with Crippen LogP contribution in [0.1, 0.15) is 23.2 Å². The molecule has 10 heteroatoms. The molecule has 0 bridgehead atoms. The van der Waals surface area contributed by atoms with Gasteiger partial charge < -0.3 is 10.2 Å². The van der Waals surface area contributed by atoms with Gasteiger partial charge in [-0.05, 0) is 31.0 Å². The van der Waals surface area contributed by atoms with Gasteiger partial charge in [0.1, 0.15) is 6.54 Å². The molecule has 9 nitrogen and oxygen atoms in total. The Kier molecular flexibility index (Phi) is 5.74. The molecular weight excluding hydrogens is 388 g/mol. The minimum absolute atomic E-state index is 0.211. The Morgan fingerprint density at radius 1 is 1.18 bits per heavy atom. The monoisotopic (exact) mass is 404 g/mol. The predicted molar refractivity (Wildman–Crippen MR) is 103 cm³/mol. The number of rotatable bonds is 5. The molecule has 0 spiro atoms. The van der Waals surface area contributed by atoms with Crippen molar-refractivity contribution in [3.63, 3.8) is 0 Å². The van der Waals surface area contributed by atoms with Crippen LogP contribution in [0.5, 0.6) is 0 Å². The van der Waals surface area contributed by atoms with E-state index in [1.165, 1.54) is 12.1 Å². The van der Waals surface area contributed by atoms with Crippen molar-refractivity contribution in [1.82, 2.24) is 9.47 Å². The molecule has 1 aliphatic heterocycles. The van der Waals surface area contributed by atoms with Crippen molar-refractivity contribution < 1.29 is 14.5 Å². The van der Waals surface area contributed by atoms with Gasteiger partial charge in [0, 0.05) is 30.2 Å². The molecule has 1 aromatic carbocycles. The van der Waals surface area contributed by atoms with Crippen LogP contribution in [-0.4, -0.2) is 39.3 Å². The predicted octanol–water partition coefficient (Wildman–Crippen LogP) is 2.28. The molecule has 1 N–H and O–H groups in total. The molecule has 2 aromatic rings. The van der Waals surface area contributed by atoms with E-state index in [1.54, 1.807) is 11.0 Å². The molecule has 1 aliphatic rings. The van der Waals surface area contributed by atoms with Crippen molar-refractivity contribution in [1.29, 1.82) is 0 Å². The summed E-state index contributed by atoms with van der Waals surface area (Å²) in [6.45, 7) is 0.861. The normalized spacial score (nSPS) is 13.4. The van der Waals surface area contributed by atoms with Gasteiger partial charge >= 0.3 is 0 Å². The fourth-order valence-electron chi connectivity index (χ4n) is 2.99. The number of hydrogen-bond donors (Lipinski definition) is 1. The van der Waals surface area contributed by atoms with Crippen LogP contribution in [-0.2, 0) is 11.3 Å². The van der Waals surface area contributed by atoms with E-state index in [2.05, 4.69) is 5.32 Å². The third kappa shape index (κ3) is 4.37. The second kappa shape index (κ2) is 8.22. The van der Waals surface area contributed by atoms with E-state index in [1.807, 2.05) is 0 Å². The van der Waals surface area contributed by atoms with Crippen LogP contribution in [0.15, 0.2) is 41.3 Å². The van der Waals surface area contributed by atoms with Crippen LogP contribution in [0.3, 0.4) is 0 Å². The zero-order chi connectivity index (χ0) is 20.3. The summed E-state index contributed by atoms with van der Waals surface area (Å²) in [6, 6.07) is 6.65. The number of nitro groups is 1. The summed E-state index contributed by atoms with van der Waals surface area (Å²) in [5.41, 5.74) is -0.334. The maximum Gasteiger partial charge on any atom is 0.285 e. The highest BCUT2D eigenvalue weighted by atomic mass is 35.5. The highest BCUT2D eigenvalue weighted by molar-refractivity contribution is 6.31. The van der Waals surface area contributed by atoms with E-state index in [0.29, 0.717) is 23.7 Å². The lowest BCUT2D eigenvalue weighted by Crippen LogP contribution is -2.30. The molecule has 3 rings (SSSR count). The van der Waals surface area contributed by atoms with Crippen molar-refractivity contribution in [2.75, 3.05) is 18.4 Å². The van der Waals surface area contributed by atoms with Crippen LogP contribution in [0, 0.1) is 10.1 Å². The Morgan fingerprint density at radius 3 is 2.57 bits per heavy atom. The summed E-state index contributed by atoms with van der Waals surface area (Å²) in [4.78, 5) is 48.9. The summed E-state index contributed by atoms with van der Waals surface area (Å²) in [5.74, 6) is -0.822. The number of aromatic nitrogens is 1. The van der Waals surface area contributed by atoms with Gasteiger partial charge in [-0.1, -0.05) is 11.6 Å². The van der Waals surface area contributed by atoms with Crippen LogP contribution in [0.2, 0.25) is 5.02 Å². The Labute approximate surface area is 164 Å². The number of amides is 2. The molecule has 28 heavy (non-hydrogen) atoms. The first-order valence-corrected chi connectivity index (χ1v) is 8.96. The number of hydrogen-bond acceptors (Lipinski definition) is 5. The number of benzene rings is 1. The summed E-state index contributed by atoms with van der Waals surface area (Å²) in [5, 5.41) is 13.8. The second-order valence-electron chi connectivity index (χ2n) is 6.35. The SMILES string of the molecule is O=C(Cn1cc([N+](=O)[O-])ccc1=O)Nc1cc(Cl)ccc1C(=O)N1CCCC1. The first-order chi connectivity index (χ1) is 13.3. The van der Waals surface area contributed by atoms with E-state index in [-0.39, 0.29) is 17.3 Å². The van der Waals surface area contributed by atoms with Gasteiger partial charge in [0.2, 0.25) is 5.91 Å². The zero-order valence-corrected chi connectivity index (χ0v) is 15.5. The zero-order valence-electron chi connectivity index (χ0n) is 14.8. The van der Waals surface area contributed by atoms with Gasteiger partial charge in [-0.15, -0.1) is 0 Å². The molecule has 0 saturated carbocycles. The molecule has 1 fully saturated rings. The summed E-state index contributed by atoms with van der Waals surface area (Å²) in [6.07, 6.45) is 2.85. The summed E-state index contributed by atoms with van der Waals surface area (Å²) < 4.78 is 0.931. The lowest BCUT2D eigenvalue weighted by atomic mass is 10.1. The lowest BCUT2D eigenvalue weighted by Gasteiger charge is -2.18. The maximum atomic E-state index is 12.7. The van der Waals surface area contributed by atoms with Gasteiger partial charge in [-0.25, -0.2) is 0 Å². The molecule has 0 atom stereocenters. The molecule has 0 radical (unpaired) electrons. The molecular formula is C18H17ClN4O5. The Bertz CT molecular complexity index is 998. The Morgan fingerprint density at radius 2 is 1.89 bits per heavy atom. The van der Waals surface area contributed by atoms with E-state index in [9.17, 15) is 24.5 Å². The fraction of sp³-hybridized carbons (Fsp3) is 0.278. The van der Waals surface area contributed by atoms with Gasteiger partial charge in [0.05, 0.1) is 22.4 Å². The van der Waals surface area contributed by atoms with Crippen LogP contribution >= 0.6 is 11.6 Å². The van der Waals surface area contributed by atoms with Crippen LogP contribution < -0.4 is 10.9 Å². The Balaban J connectivity index is 1.81. The number of carbonyl (C=O) groups is 2. The number of pyridine rings is 1.